The molecule has 11 heteroatoms. The molecule has 0 bridgehead atoms. The number of nitrogens with one attached hydrogen (secondary N) is 1. The minimum atomic E-state index is -4.58. The molecular weight excluding hydrogens is 350 g/mol. The highest BCUT2D eigenvalue weighted by atomic mass is 32.3. The molecule has 1 aromatic rings. The molecule has 0 aliphatic rings. The molecule has 1 heterocycles. The molecule has 0 unspecified atom stereocenters. The van der Waals surface area contributed by atoms with Gasteiger partial charge in [-0.3, -0.25) is 8.98 Å². The van der Waals surface area contributed by atoms with Crippen LogP contribution in [0.2, 0.25) is 0 Å². The van der Waals surface area contributed by atoms with Gasteiger partial charge in [-0.1, -0.05) is 0 Å². The molecule has 0 aliphatic carbocycles. The van der Waals surface area contributed by atoms with E-state index in [-0.39, 0.29) is 5.91 Å². The van der Waals surface area contributed by atoms with E-state index in [9.17, 15) is 30.8 Å². The molecular formula is C11H13F4NO4S2. The average molecular weight is 363 g/mol. The van der Waals surface area contributed by atoms with Crippen molar-refractivity contribution in [3.8, 4) is 0 Å². The molecule has 1 rings (SSSR count). The smallest absolute Gasteiger partial charge is 0.331 e. The first-order chi connectivity index (χ1) is 9.95. The van der Waals surface area contributed by atoms with Gasteiger partial charge in [-0.2, -0.15) is 17.2 Å². The van der Waals surface area contributed by atoms with Crippen LogP contribution in [0.15, 0.2) is 16.3 Å². The van der Waals surface area contributed by atoms with Crippen LogP contribution in [-0.2, 0) is 19.1 Å². The van der Waals surface area contributed by atoms with Crippen LogP contribution in [0.5, 0.6) is 0 Å². The van der Waals surface area contributed by atoms with Gasteiger partial charge in [0.1, 0.15) is 10.8 Å². The van der Waals surface area contributed by atoms with Crippen molar-refractivity contribution in [1.82, 2.24) is 5.32 Å². The topological polar surface area (TPSA) is 72.5 Å². The number of hydrogen-bond donors (Lipinski definition) is 1. The van der Waals surface area contributed by atoms with E-state index < -0.39 is 39.3 Å². The standard InChI is InChI=1S/C11H13F4NO4S2/c1-6(16-7(2)17)8-3-4-9(21-8)22(18,19)20-5-11(14,15)10(12)13/h3-4,6,10H,5H2,1-2H3,(H,16,17)/t6-/m1/s1. The zero-order valence-corrected chi connectivity index (χ0v) is 13.1. The van der Waals surface area contributed by atoms with Gasteiger partial charge in [-0.05, 0) is 19.1 Å². The Hall–Kier alpha value is -1.20. The van der Waals surface area contributed by atoms with Gasteiger partial charge in [0, 0.05) is 11.8 Å². The predicted octanol–water partition coefficient (Wildman–Crippen LogP) is 2.55. The van der Waals surface area contributed by atoms with Crippen molar-refractivity contribution in [3.05, 3.63) is 17.0 Å². The van der Waals surface area contributed by atoms with Crippen molar-refractivity contribution in [2.45, 2.75) is 36.4 Å². The Bertz CT molecular complexity index is 630. The first-order valence-electron chi connectivity index (χ1n) is 5.88. The van der Waals surface area contributed by atoms with E-state index in [1.54, 1.807) is 6.92 Å². The SMILES string of the molecule is CC(=O)N[C@H](C)c1ccc(S(=O)(=O)OCC(F)(F)C(F)F)s1. The lowest BCUT2D eigenvalue weighted by Gasteiger charge is -2.14. The lowest BCUT2D eigenvalue weighted by molar-refractivity contribution is -0.147. The third kappa shape index (κ3) is 4.92. The summed E-state index contributed by atoms with van der Waals surface area (Å²) >= 11 is 0.689. The summed E-state index contributed by atoms with van der Waals surface area (Å²) in [5.74, 6) is -4.89. The lowest BCUT2D eigenvalue weighted by atomic mass is 10.3. The van der Waals surface area contributed by atoms with Gasteiger partial charge >= 0.3 is 22.5 Å². The minimum Gasteiger partial charge on any atom is -0.349 e. The van der Waals surface area contributed by atoms with Crippen LogP contribution in [0.1, 0.15) is 24.8 Å². The predicted molar refractivity (Wildman–Crippen MR) is 70.6 cm³/mol. The summed E-state index contributed by atoms with van der Waals surface area (Å²) in [6.45, 7) is 0.925. The van der Waals surface area contributed by atoms with Crippen LogP contribution >= 0.6 is 11.3 Å². The Morgan fingerprint density at radius 3 is 2.50 bits per heavy atom. The summed E-state index contributed by atoms with van der Waals surface area (Å²) in [5, 5.41) is 2.51. The van der Waals surface area contributed by atoms with E-state index in [4.69, 9.17) is 0 Å². The third-order valence-electron chi connectivity index (χ3n) is 2.42. The van der Waals surface area contributed by atoms with Gasteiger partial charge < -0.3 is 5.32 Å². The Morgan fingerprint density at radius 2 is 2.00 bits per heavy atom. The summed E-state index contributed by atoms with van der Waals surface area (Å²) < 4.78 is 76.2. The fourth-order valence-corrected chi connectivity index (χ4v) is 3.60. The van der Waals surface area contributed by atoms with Crippen LogP contribution < -0.4 is 5.32 Å². The molecule has 1 N–H and O–H groups in total. The third-order valence-corrected chi connectivity index (χ3v) is 5.40. The number of amides is 1. The largest absolute Gasteiger partial charge is 0.349 e. The van der Waals surface area contributed by atoms with E-state index in [0.29, 0.717) is 16.2 Å². The Balaban J connectivity index is 2.83. The minimum absolute atomic E-state index is 0.335. The summed E-state index contributed by atoms with van der Waals surface area (Å²) in [4.78, 5) is 11.3. The van der Waals surface area contributed by atoms with E-state index >= 15 is 0 Å². The molecule has 1 amide bonds. The summed E-state index contributed by atoms with van der Waals surface area (Å²) in [6.07, 6.45) is -4.03. The van der Waals surface area contributed by atoms with Crippen molar-refractivity contribution in [3.63, 3.8) is 0 Å². The van der Waals surface area contributed by atoms with Gasteiger partial charge in [-0.15, -0.1) is 11.3 Å². The van der Waals surface area contributed by atoms with Gasteiger partial charge in [0.2, 0.25) is 5.91 Å². The van der Waals surface area contributed by atoms with Crippen LogP contribution in [0.3, 0.4) is 0 Å². The maximum atomic E-state index is 12.7. The quantitative estimate of drug-likeness (QED) is 0.597. The van der Waals surface area contributed by atoms with Crippen LogP contribution in [0, 0.1) is 0 Å². The maximum Gasteiger partial charge on any atom is 0.331 e. The molecule has 0 saturated carbocycles. The zero-order chi connectivity index (χ0) is 17.1. The highest BCUT2D eigenvalue weighted by Crippen LogP contribution is 2.30. The number of carbonyl (C=O) groups excluding carboxylic acids is 1. The van der Waals surface area contributed by atoms with E-state index in [2.05, 4.69) is 9.50 Å². The van der Waals surface area contributed by atoms with E-state index in [0.717, 1.165) is 6.07 Å². The Morgan fingerprint density at radius 1 is 1.41 bits per heavy atom. The van der Waals surface area contributed by atoms with E-state index in [1.807, 2.05) is 0 Å². The van der Waals surface area contributed by atoms with Crippen molar-refractivity contribution < 1.29 is 35.0 Å². The first kappa shape index (κ1) is 18.8. The highest BCUT2D eigenvalue weighted by molar-refractivity contribution is 7.89. The van der Waals surface area contributed by atoms with Gasteiger partial charge in [0.05, 0.1) is 6.04 Å². The normalized spacial score (nSPS) is 14.1. The van der Waals surface area contributed by atoms with Gasteiger partial charge in [0.25, 0.3) is 0 Å². The highest BCUT2D eigenvalue weighted by Gasteiger charge is 2.42. The molecule has 1 aromatic heterocycles. The van der Waals surface area contributed by atoms with Crippen LogP contribution in [0.25, 0.3) is 0 Å². The fraction of sp³-hybridized carbons (Fsp3) is 0.545. The second kappa shape index (κ2) is 6.92. The number of halogens is 4. The summed E-state index contributed by atoms with van der Waals surface area (Å²) in [5.41, 5.74) is 0. The number of rotatable bonds is 7. The molecule has 0 aromatic carbocycles. The van der Waals surface area contributed by atoms with Crippen molar-refractivity contribution in [2.75, 3.05) is 6.61 Å². The Kier molecular flexibility index (Phi) is 5.93. The number of hydrogen-bond acceptors (Lipinski definition) is 5. The molecule has 0 radical (unpaired) electrons. The second-order valence-electron chi connectivity index (χ2n) is 4.36. The maximum absolute atomic E-state index is 12.7. The number of alkyl halides is 4. The number of thiophene rings is 1. The second-order valence-corrected chi connectivity index (χ2v) is 7.31. The molecule has 0 aliphatic heterocycles. The molecule has 126 valence electrons. The average Bonchev–Trinajstić information content (AvgIpc) is 2.86. The molecule has 0 fully saturated rings. The van der Waals surface area contributed by atoms with Crippen LogP contribution in [0.4, 0.5) is 17.6 Å². The van der Waals surface area contributed by atoms with Crippen molar-refractivity contribution in [1.29, 1.82) is 0 Å². The fourth-order valence-electron chi connectivity index (χ4n) is 1.35. The molecule has 0 spiro atoms. The Labute approximate surface area is 128 Å². The lowest BCUT2D eigenvalue weighted by Crippen LogP contribution is -2.33. The van der Waals surface area contributed by atoms with Crippen LogP contribution in [-0.4, -0.2) is 33.3 Å². The molecule has 22 heavy (non-hydrogen) atoms. The first-order valence-corrected chi connectivity index (χ1v) is 8.10. The number of carbonyl (C=O) groups is 1. The summed E-state index contributed by atoms with van der Waals surface area (Å²) in [7, 11) is -4.58. The van der Waals surface area contributed by atoms with E-state index in [1.165, 1.54) is 13.0 Å². The molecule has 1 atom stereocenters. The van der Waals surface area contributed by atoms with Gasteiger partial charge in [0.15, 0.2) is 0 Å². The molecule has 0 saturated heterocycles. The van der Waals surface area contributed by atoms with Crippen molar-refractivity contribution in [2.24, 2.45) is 0 Å². The van der Waals surface area contributed by atoms with Crippen molar-refractivity contribution >= 4 is 27.4 Å². The summed E-state index contributed by atoms with van der Waals surface area (Å²) in [6, 6.07) is 1.97. The monoisotopic (exact) mass is 363 g/mol. The molecule has 5 nitrogen and oxygen atoms in total. The zero-order valence-electron chi connectivity index (χ0n) is 11.5. The van der Waals surface area contributed by atoms with Gasteiger partial charge in [-0.25, -0.2) is 8.78 Å².